The Bertz CT molecular complexity index is 4320. The quantitative estimate of drug-likeness (QED) is 0.0773. The van der Waals surface area contributed by atoms with Gasteiger partial charge in [-0.05, 0) is 137 Å². The molecule has 414 valence electrons. The Morgan fingerprint density at radius 1 is 0.390 bits per heavy atom. The average Bonchev–Trinajstić information content (AvgIpc) is 3.81. The molecule has 0 atom stereocenters. The predicted molar refractivity (Wildman–Crippen MR) is 311 cm³/mol. The summed E-state index contributed by atoms with van der Waals surface area (Å²) in [5, 5.41) is 34.6. The average molecular weight is 1130 g/mol. The number of halogens is 8. The number of rotatable bonds is 9. The number of pyridine rings is 3. The molecule has 0 amide bonds. The van der Waals surface area contributed by atoms with Crippen molar-refractivity contribution in [3.8, 4) is 33.8 Å². The van der Waals surface area contributed by atoms with Crippen molar-refractivity contribution in [2.24, 2.45) is 0 Å². The van der Waals surface area contributed by atoms with E-state index in [0.717, 1.165) is 79.1 Å². The molecule has 0 fully saturated rings. The minimum Gasteiger partial charge on any atom is -0.338 e. The minimum absolute atomic E-state index is 0.0101. The Morgan fingerprint density at radius 2 is 0.732 bits per heavy atom. The number of nitrogens with one attached hydrogen (secondary N) is 6. The number of aromatic amines is 3. The number of anilines is 6. The topological polar surface area (TPSA) is 161 Å². The number of aromatic nitrogens is 9. The van der Waals surface area contributed by atoms with Gasteiger partial charge in [-0.25, -0.2) is 4.39 Å². The van der Waals surface area contributed by atoms with Gasteiger partial charge in [-0.15, -0.1) is 0 Å². The van der Waals surface area contributed by atoms with Crippen molar-refractivity contribution in [1.29, 1.82) is 0 Å². The van der Waals surface area contributed by atoms with Crippen LogP contribution in [0.2, 0.25) is 5.02 Å². The second kappa shape index (κ2) is 22.9. The van der Waals surface area contributed by atoms with Crippen LogP contribution in [-0.4, -0.2) is 45.5 Å². The Morgan fingerprint density at radius 3 is 1.15 bits per heavy atom. The number of hydrogen-bond donors (Lipinski definition) is 6. The molecule has 0 radical (unpaired) electrons. The van der Waals surface area contributed by atoms with Crippen LogP contribution in [0.25, 0.3) is 66.5 Å². The maximum atomic E-state index is 13.6. The lowest BCUT2D eigenvalue weighted by atomic mass is 10.0. The molecule has 82 heavy (non-hydrogen) atoms. The molecule has 0 aliphatic carbocycles. The molecule has 12 nitrogen and oxygen atoms in total. The first-order valence-electron chi connectivity index (χ1n) is 25.6. The highest BCUT2D eigenvalue weighted by molar-refractivity contribution is 6.33. The second-order valence-corrected chi connectivity index (χ2v) is 19.6. The molecule has 6 aromatic carbocycles. The molecule has 0 saturated carbocycles. The molecule has 20 heteroatoms. The van der Waals surface area contributed by atoms with E-state index in [1.807, 2.05) is 92.7 Å². The highest BCUT2D eigenvalue weighted by Gasteiger charge is 2.35. The van der Waals surface area contributed by atoms with Gasteiger partial charge in [0.2, 0.25) is 0 Å². The highest BCUT2D eigenvalue weighted by atomic mass is 35.5. The van der Waals surface area contributed by atoms with Crippen LogP contribution >= 0.6 is 11.6 Å². The smallest absolute Gasteiger partial charge is 0.338 e. The molecule has 0 aliphatic heterocycles. The zero-order valence-corrected chi connectivity index (χ0v) is 45.5. The number of fused-ring (bicyclic) bond motifs is 3. The van der Waals surface area contributed by atoms with Crippen LogP contribution in [0.1, 0.15) is 44.9 Å². The van der Waals surface area contributed by atoms with Crippen LogP contribution in [0, 0.1) is 47.4 Å². The largest absolute Gasteiger partial charge is 0.417 e. The number of hydrogen-bond acceptors (Lipinski definition) is 9. The number of alkyl halides is 6. The van der Waals surface area contributed by atoms with Crippen molar-refractivity contribution in [2.75, 3.05) is 16.0 Å². The van der Waals surface area contributed by atoms with E-state index in [1.54, 1.807) is 51.1 Å². The van der Waals surface area contributed by atoms with E-state index >= 15 is 0 Å². The van der Waals surface area contributed by atoms with E-state index in [9.17, 15) is 30.7 Å². The highest BCUT2D eigenvalue weighted by Crippen LogP contribution is 2.41. The number of aryl methyl sites for hydroxylation is 3. The Labute approximate surface area is 470 Å². The Hall–Kier alpha value is -9.62. The standard InChI is InChI=1S/C21H16F4N4.C21H17F3N4.C20H17ClN4/c1-11-12(2)26-19(14-5-3-4-6-16(14)21(23,24)25)10-18(11)27-20-15-9-13(22)7-8-17(15)28-29-20;1-12-13(2)25-19(14-7-3-5-9-16(14)21(22,23)24)11-18(12)26-20-15-8-4-6-10-17(15)27-28-20;1-12-13(2)22-19(14-7-3-5-9-16(14)21)11-18(12)23-20-15-8-4-6-10-17(15)24-25-20/h3-10H,1-2H3,(H2,26,27,28,29);3-11H,1-2H3,(H2,25,26,27,28);3-11H,1-2H3,(H2,22,23,24,25). The fraction of sp³-hybridized carbons (Fsp3) is 0.129. The first-order valence-corrected chi connectivity index (χ1v) is 25.9. The van der Waals surface area contributed by atoms with Gasteiger partial charge in [0.25, 0.3) is 0 Å². The summed E-state index contributed by atoms with van der Waals surface area (Å²) >= 11 is 6.35. The van der Waals surface area contributed by atoms with Crippen molar-refractivity contribution in [3.63, 3.8) is 0 Å². The SMILES string of the molecule is Cc1nc(-c2ccccc2C(F)(F)F)cc(Nc2n[nH]c3ccc(F)cc23)c1C.Cc1nc(-c2ccccc2C(F)(F)F)cc(Nc2n[nH]c3ccccc23)c1C.Cc1nc(-c2ccccc2Cl)cc(Nc2n[nH]c3ccccc23)c1C. The van der Waals surface area contributed by atoms with Crippen LogP contribution in [0.15, 0.2) is 158 Å². The van der Waals surface area contributed by atoms with E-state index in [2.05, 4.69) is 63.4 Å². The van der Waals surface area contributed by atoms with E-state index < -0.39 is 29.3 Å². The van der Waals surface area contributed by atoms with E-state index in [0.29, 0.717) is 50.3 Å². The summed E-state index contributed by atoms with van der Waals surface area (Å²) in [5.74, 6) is 1.38. The third kappa shape index (κ3) is 11.8. The third-order valence-electron chi connectivity index (χ3n) is 13.9. The molecule has 0 saturated heterocycles. The summed E-state index contributed by atoms with van der Waals surface area (Å²) < 4.78 is 94.3. The van der Waals surface area contributed by atoms with E-state index in [-0.39, 0.29) is 22.5 Å². The summed E-state index contributed by atoms with van der Waals surface area (Å²) in [6.45, 7) is 11.2. The summed E-state index contributed by atoms with van der Waals surface area (Å²) in [7, 11) is 0. The van der Waals surface area contributed by atoms with Crippen LogP contribution in [0.3, 0.4) is 0 Å². The van der Waals surface area contributed by atoms with Gasteiger partial charge in [0.05, 0.1) is 44.8 Å². The number of benzene rings is 6. The number of H-pyrrole nitrogens is 3. The van der Waals surface area contributed by atoms with Gasteiger partial charge in [0.1, 0.15) is 5.82 Å². The van der Waals surface area contributed by atoms with Crippen LogP contribution < -0.4 is 16.0 Å². The van der Waals surface area contributed by atoms with E-state index in [4.69, 9.17) is 16.6 Å². The fourth-order valence-electron chi connectivity index (χ4n) is 9.17. The summed E-state index contributed by atoms with van der Waals surface area (Å²) in [6, 6.07) is 43.6. The molecule has 0 bridgehead atoms. The lowest BCUT2D eigenvalue weighted by Gasteiger charge is -2.16. The van der Waals surface area contributed by atoms with Crippen molar-refractivity contribution < 1.29 is 30.7 Å². The van der Waals surface area contributed by atoms with Gasteiger partial charge in [0.15, 0.2) is 17.5 Å². The molecule has 0 aliphatic rings. The monoisotopic (exact) mass is 1130 g/mol. The second-order valence-electron chi connectivity index (χ2n) is 19.2. The van der Waals surface area contributed by atoms with Gasteiger partial charge in [-0.1, -0.05) is 90.5 Å². The van der Waals surface area contributed by atoms with Crippen LogP contribution in [0.5, 0.6) is 0 Å². The lowest BCUT2D eigenvalue weighted by Crippen LogP contribution is -2.08. The third-order valence-corrected chi connectivity index (χ3v) is 14.3. The predicted octanol–water partition coefficient (Wildman–Crippen LogP) is 17.8. The lowest BCUT2D eigenvalue weighted by molar-refractivity contribution is -0.137. The normalized spacial score (nSPS) is 11.5. The van der Waals surface area contributed by atoms with Crippen LogP contribution in [-0.2, 0) is 12.4 Å². The summed E-state index contributed by atoms with van der Waals surface area (Å²) in [4.78, 5) is 13.5. The maximum absolute atomic E-state index is 13.6. The fourth-order valence-corrected chi connectivity index (χ4v) is 9.40. The zero-order valence-electron chi connectivity index (χ0n) is 44.7. The Kier molecular flexibility index (Phi) is 15.5. The van der Waals surface area contributed by atoms with Gasteiger partial charge in [-0.2, -0.15) is 41.6 Å². The summed E-state index contributed by atoms with van der Waals surface area (Å²) in [6.07, 6.45) is -8.95. The molecule has 6 heterocycles. The molecule has 12 rings (SSSR count). The van der Waals surface area contributed by atoms with Crippen molar-refractivity contribution in [3.05, 3.63) is 213 Å². The van der Waals surface area contributed by atoms with Gasteiger partial charge in [-0.3, -0.25) is 30.2 Å². The minimum atomic E-state index is -4.50. The van der Waals surface area contributed by atoms with Gasteiger partial charge >= 0.3 is 12.4 Å². The number of nitrogens with zero attached hydrogens (tertiary/aromatic N) is 6. The van der Waals surface area contributed by atoms with Crippen LogP contribution in [0.4, 0.5) is 65.2 Å². The van der Waals surface area contributed by atoms with Gasteiger partial charge < -0.3 is 16.0 Å². The Balaban J connectivity index is 0.000000138. The molecule has 12 aromatic rings. The molecular formula is C62H50ClF7N12. The molecule has 0 spiro atoms. The maximum Gasteiger partial charge on any atom is 0.417 e. The van der Waals surface area contributed by atoms with E-state index in [1.165, 1.54) is 36.4 Å². The summed E-state index contributed by atoms with van der Waals surface area (Å²) in [5.41, 5.74) is 10.4. The molecule has 0 unspecified atom stereocenters. The van der Waals surface area contributed by atoms with Crippen molar-refractivity contribution >= 4 is 78.8 Å². The molecule has 6 N–H and O–H groups in total. The molecular weight excluding hydrogens is 1080 g/mol. The first kappa shape index (κ1) is 55.7. The number of para-hydroxylation sites is 2. The zero-order chi connectivity index (χ0) is 58.0. The van der Waals surface area contributed by atoms with Crippen molar-refractivity contribution in [1.82, 2.24) is 45.5 Å². The van der Waals surface area contributed by atoms with Crippen molar-refractivity contribution in [2.45, 2.75) is 53.9 Å². The van der Waals surface area contributed by atoms with Gasteiger partial charge in [0, 0.05) is 72.0 Å². The first-order chi connectivity index (χ1) is 39.2. The molecule has 6 aromatic heterocycles.